The molecule has 3 aromatic rings. The van der Waals surface area contributed by atoms with Gasteiger partial charge in [0.15, 0.2) is 0 Å². The lowest BCUT2D eigenvalue weighted by molar-refractivity contribution is 0.0381. The molecule has 2 heterocycles. The van der Waals surface area contributed by atoms with Crippen LogP contribution in [-0.2, 0) is 5.79 Å². The summed E-state index contributed by atoms with van der Waals surface area (Å²) >= 11 is 0. The van der Waals surface area contributed by atoms with Crippen LogP contribution in [0.4, 0.5) is 4.39 Å². The zero-order valence-corrected chi connectivity index (χ0v) is 18.3. The Kier molecular flexibility index (Phi) is 5.98. The van der Waals surface area contributed by atoms with Crippen molar-refractivity contribution >= 4 is 5.91 Å². The molecule has 0 spiro atoms. The van der Waals surface area contributed by atoms with Crippen LogP contribution in [0, 0.1) is 5.82 Å². The van der Waals surface area contributed by atoms with E-state index in [1.54, 1.807) is 0 Å². The summed E-state index contributed by atoms with van der Waals surface area (Å²) < 4.78 is 13.0. The summed E-state index contributed by atoms with van der Waals surface area (Å²) in [6.07, 6.45) is 0. The molecule has 0 aromatic heterocycles. The number of hydrogen-bond acceptors (Lipinski definition) is 5. The van der Waals surface area contributed by atoms with Crippen LogP contribution in [0.1, 0.15) is 15.9 Å². The molecule has 2 aliphatic heterocycles. The molecule has 5 rings (SSSR count). The van der Waals surface area contributed by atoms with Gasteiger partial charge in [0.05, 0.1) is 10.7 Å². The van der Waals surface area contributed by atoms with Crippen LogP contribution in [0.5, 0.6) is 0 Å². The van der Waals surface area contributed by atoms with E-state index in [9.17, 15) is 9.18 Å². The van der Waals surface area contributed by atoms with Crippen LogP contribution < -0.4 is 16.0 Å². The summed E-state index contributed by atoms with van der Waals surface area (Å²) in [5.41, 5.74) is 1.54. The average Bonchev–Trinajstić information content (AvgIpc) is 3.26. The van der Waals surface area contributed by atoms with E-state index in [2.05, 4.69) is 27.2 Å². The van der Waals surface area contributed by atoms with Gasteiger partial charge in [-0.1, -0.05) is 42.5 Å². The van der Waals surface area contributed by atoms with Crippen molar-refractivity contribution in [1.82, 2.24) is 15.1 Å². The molecule has 0 bridgehead atoms. The van der Waals surface area contributed by atoms with Crippen molar-refractivity contribution in [2.75, 3.05) is 39.3 Å². The number of carbonyl (C=O) groups excluding carboxylic acids is 1. The van der Waals surface area contributed by atoms with Gasteiger partial charge in [0, 0.05) is 50.4 Å². The maximum absolute atomic E-state index is 13.0. The Morgan fingerprint density at radius 1 is 0.848 bits per heavy atom. The standard InChI is InChI=1S/C26H26FN5O/c27-22-12-10-20(11-13-22)25(33)28-14-15-31-16-18-32(19-17-31)26(21-6-2-1-3-7-21)29-23-8-4-5-9-24(23)30-26/h1-13H,14-19H2,(H,28,33). The number of piperazine rings is 1. The van der Waals surface area contributed by atoms with Crippen LogP contribution in [0.15, 0.2) is 88.8 Å². The smallest absolute Gasteiger partial charge is 0.251 e. The number of amides is 1. The van der Waals surface area contributed by atoms with Crippen molar-refractivity contribution in [1.29, 1.82) is 0 Å². The number of rotatable bonds is 6. The zero-order chi connectivity index (χ0) is 22.7. The molecule has 0 unspecified atom stereocenters. The van der Waals surface area contributed by atoms with Crippen LogP contribution in [-0.4, -0.2) is 55.0 Å². The predicted molar refractivity (Wildman–Crippen MR) is 124 cm³/mol. The molecule has 33 heavy (non-hydrogen) atoms. The van der Waals surface area contributed by atoms with Gasteiger partial charge in [0.25, 0.3) is 5.91 Å². The molecule has 1 fully saturated rings. The summed E-state index contributed by atoms with van der Waals surface area (Å²) in [5.74, 6) is -1.26. The quantitative estimate of drug-likeness (QED) is 0.634. The monoisotopic (exact) mass is 443 g/mol. The van der Waals surface area contributed by atoms with Crippen LogP contribution in [0.3, 0.4) is 0 Å². The highest BCUT2D eigenvalue weighted by molar-refractivity contribution is 5.94. The summed E-state index contributed by atoms with van der Waals surface area (Å²) in [7, 11) is 0. The molecule has 1 amide bonds. The average molecular weight is 444 g/mol. The fourth-order valence-corrected chi connectivity index (χ4v) is 4.44. The van der Waals surface area contributed by atoms with E-state index < -0.39 is 5.79 Å². The normalized spacial score (nSPS) is 17.6. The number of nitrogens with zero attached hydrogens (tertiary/aromatic N) is 4. The van der Waals surface area contributed by atoms with E-state index in [1.165, 1.54) is 24.3 Å². The number of nitrogens with one attached hydrogen (secondary N) is 1. The van der Waals surface area contributed by atoms with Crippen LogP contribution >= 0.6 is 0 Å². The Balaban J connectivity index is 1.23. The second kappa shape index (κ2) is 9.21. The maximum atomic E-state index is 13.0. The number of carbonyl (C=O) groups is 1. The third kappa shape index (κ3) is 4.42. The Morgan fingerprint density at radius 2 is 1.45 bits per heavy atom. The van der Waals surface area contributed by atoms with Gasteiger partial charge < -0.3 is 5.32 Å². The van der Waals surface area contributed by atoms with E-state index in [0.29, 0.717) is 12.1 Å². The molecule has 168 valence electrons. The van der Waals surface area contributed by atoms with Crippen molar-refractivity contribution in [2.24, 2.45) is 9.98 Å². The summed E-state index contributed by atoms with van der Waals surface area (Å²) in [4.78, 5) is 27.1. The largest absolute Gasteiger partial charge is 0.351 e. The predicted octanol–water partition coefficient (Wildman–Crippen LogP) is 1.94. The number of halogens is 1. The first-order chi connectivity index (χ1) is 16.1. The van der Waals surface area contributed by atoms with Gasteiger partial charge >= 0.3 is 0 Å². The summed E-state index contributed by atoms with van der Waals surface area (Å²) in [5, 5.41) is 4.77. The first-order valence-corrected chi connectivity index (χ1v) is 11.3. The Hall–Kier alpha value is -3.42. The van der Waals surface area contributed by atoms with Crippen molar-refractivity contribution in [2.45, 2.75) is 5.79 Å². The van der Waals surface area contributed by atoms with Gasteiger partial charge in [-0.15, -0.1) is 0 Å². The molecule has 3 aromatic carbocycles. The maximum Gasteiger partial charge on any atom is 0.251 e. The van der Waals surface area contributed by atoms with Gasteiger partial charge in [-0.3, -0.25) is 14.6 Å². The number of benzene rings is 3. The molecular formula is C26H26FN5O. The van der Waals surface area contributed by atoms with Gasteiger partial charge in [0.1, 0.15) is 5.82 Å². The third-order valence-corrected chi connectivity index (χ3v) is 6.23. The van der Waals surface area contributed by atoms with Gasteiger partial charge in [-0.2, -0.15) is 0 Å². The molecule has 0 atom stereocenters. The van der Waals surface area contributed by atoms with E-state index in [-0.39, 0.29) is 11.7 Å². The van der Waals surface area contributed by atoms with Crippen molar-refractivity contribution in [3.8, 4) is 0 Å². The number of para-hydroxylation sites is 2. The molecule has 0 saturated carbocycles. The lowest BCUT2D eigenvalue weighted by atomic mass is 10.1. The fourth-order valence-electron chi connectivity index (χ4n) is 4.44. The molecule has 7 heteroatoms. The van der Waals surface area contributed by atoms with Gasteiger partial charge in [-0.05, 0) is 36.4 Å². The SMILES string of the molecule is O=C(NCCN1CCN(C2(c3ccccc3)N=c3ccccc3=N2)CC1)c1ccc(F)cc1. The minimum absolute atomic E-state index is 0.182. The van der Waals surface area contributed by atoms with Crippen molar-refractivity contribution in [3.63, 3.8) is 0 Å². The molecule has 1 saturated heterocycles. The molecule has 0 aliphatic carbocycles. The van der Waals surface area contributed by atoms with E-state index in [1.807, 2.05) is 42.5 Å². The highest BCUT2D eigenvalue weighted by atomic mass is 19.1. The minimum Gasteiger partial charge on any atom is -0.351 e. The topological polar surface area (TPSA) is 60.3 Å². The minimum atomic E-state index is -0.728. The Labute approximate surface area is 192 Å². The van der Waals surface area contributed by atoms with Crippen LogP contribution in [0.25, 0.3) is 0 Å². The molecule has 2 aliphatic rings. The van der Waals surface area contributed by atoms with Gasteiger partial charge in [-0.25, -0.2) is 14.4 Å². The van der Waals surface area contributed by atoms with Crippen molar-refractivity contribution in [3.05, 3.63) is 107 Å². The number of fused-ring (bicyclic) bond motifs is 1. The summed E-state index contributed by atoms with van der Waals surface area (Å²) in [6.45, 7) is 4.67. The van der Waals surface area contributed by atoms with E-state index in [0.717, 1.165) is 49.0 Å². The highest BCUT2D eigenvalue weighted by Crippen LogP contribution is 2.33. The summed E-state index contributed by atoms with van der Waals surface area (Å²) in [6, 6.07) is 23.9. The number of hydrogen-bond donors (Lipinski definition) is 1. The second-order valence-electron chi connectivity index (χ2n) is 8.31. The molecular weight excluding hydrogens is 417 g/mol. The second-order valence-corrected chi connectivity index (χ2v) is 8.31. The Morgan fingerprint density at radius 3 is 2.09 bits per heavy atom. The highest BCUT2D eigenvalue weighted by Gasteiger charge is 2.41. The van der Waals surface area contributed by atoms with E-state index in [4.69, 9.17) is 9.98 Å². The first-order valence-electron chi connectivity index (χ1n) is 11.3. The first kappa shape index (κ1) is 21.4. The van der Waals surface area contributed by atoms with Crippen molar-refractivity contribution < 1.29 is 9.18 Å². The molecule has 1 N–H and O–H groups in total. The zero-order valence-electron chi connectivity index (χ0n) is 18.3. The molecule has 0 radical (unpaired) electrons. The Bertz CT molecular complexity index is 1200. The van der Waals surface area contributed by atoms with Crippen LogP contribution in [0.2, 0.25) is 0 Å². The lowest BCUT2D eigenvalue weighted by Crippen LogP contribution is -2.54. The molecule has 6 nitrogen and oxygen atoms in total. The van der Waals surface area contributed by atoms with E-state index >= 15 is 0 Å². The lowest BCUT2D eigenvalue weighted by Gasteiger charge is -2.42. The van der Waals surface area contributed by atoms with Gasteiger partial charge in [0.2, 0.25) is 5.79 Å². The third-order valence-electron chi connectivity index (χ3n) is 6.23. The fraction of sp³-hybridized carbons (Fsp3) is 0.269.